The fourth-order valence-electron chi connectivity index (χ4n) is 1.21. The molecule has 0 aromatic heterocycles. The van der Waals surface area contributed by atoms with Gasteiger partial charge in [-0.3, -0.25) is 0 Å². The number of hydrogen-bond donors (Lipinski definition) is 2. The van der Waals surface area contributed by atoms with Gasteiger partial charge >= 0.3 is 6.03 Å². The number of ether oxygens (including phenoxy) is 1. The predicted octanol–water partition coefficient (Wildman–Crippen LogP) is 2.12. The van der Waals surface area contributed by atoms with E-state index in [2.05, 4.69) is 10.6 Å². The SMILES string of the molecule is CC(C)NC(=O)Nc1cccc(OCC#N)c1. The van der Waals surface area contributed by atoms with Gasteiger partial charge in [0.2, 0.25) is 0 Å². The number of urea groups is 1. The van der Waals surface area contributed by atoms with Gasteiger partial charge in [0.05, 0.1) is 0 Å². The minimum absolute atomic E-state index is 0.0123. The zero-order valence-electron chi connectivity index (χ0n) is 9.86. The Hall–Kier alpha value is -2.22. The molecule has 2 amide bonds. The molecule has 0 aliphatic rings. The molecule has 0 aliphatic heterocycles. The Morgan fingerprint density at radius 1 is 1.53 bits per heavy atom. The second-order valence-corrected chi connectivity index (χ2v) is 3.73. The highest BCUT2D eigenvalue weighted by molar-refractivity contribution is 5.89. The summed E-state index contributed by atoms with van der Waals surface area (Å²) in [6.07, 6.45) is 0. The summed E-state index contributed by atoms with van der Waals surface area (Å²) in [7, 11) is 0. The Morgan fingerprint density at radius 2 is 2.29 bits per heavy atom. The molecule has 0 unspecified atom stereocenters. The van der Waals surface area contributed by atoms with Crippen LogP contribution in [0.2, 0.25) is 0 Å². The molecule has 90 valence electrons. The van der Waals surface area contributed by atoms with Crippen molar-refractivity contribution in [2.45, 2.75) is 19.9 Å². The number of benzene rings is 1. The Labute approximate surface area is 100 Å². The lowest BCUT2D eigenvalue weighted by atomic mass is 10.3. The Morgan fingerprint density at radius 3 is 2.94 bits per heavy atom. The van der Waals surface area contributed by atoms with Crippen LogP contribution in [0.25, 0.3) is 0 Å². The number of nitriles is 1. The summed E-state index contributed by atoms with van der Waals surface area (Å²) in [5, 5.41) is 13.8. The molecule has 0 saturated heterocycles. The number of hydrogen-bond acceptors (Lipinski definition) is 3. The summed E-state index contributed by atoms with van der Waals surface area (Å²) < 4.78 is 5.13. The van der Waals surface area contributed by atoms with E-state index in [4.69, 9.17) is 10.00 Å². The van der Waals surface area contributed by atoms with E-state index in [9.17, 15) is 4.79 Å². The van der Waals surface area contributed by atoms with E-state index >= 15 is 0 Å². The normalized spacial score (nSPS) is 9.53. The zero-order valence-corrected chi connectivity index (χ0v) is 9.86. The van der Waals surface area contributed by atoms with Gasteiger partial charge in [-0.05, 0) is 26.0 Å². The maximum Gasteiger partial charge on any atom is 0.319 e. The second kappa shape index (κ2) is 6.38. The molecular formula is C12H15N3O2. The van der Waals surface area contributed by atoms with Crippen molar-refractivity contribution in [2.24, 2.45) is 0 Å². The van der Waals surface area contributed by atoms with Crippen molar-refractivity contribution >= 4 is 11.7 Å². The van der Waals surface area contributed by atoms with Crippen LogP contribution in [0.3, 0.4) is 0 Å². The van der Waals surface area contributed by atoms with Crippen molar-refractivity contribution in [3.8, 4) is 11.8 Å². The van der Waals surface area contributed by atoms with Crippen molar-refractivity contribution in [1.29, 1.82) is 5.26 Å². The highest BCUT2D eigenvalue weighted by Crippen LogP contribution is 2.16. The van der Waals surface area contributed by atoms with E-state index in [0.717, 1.165) is 0 Å². The molecule has 0 atom stereocenters. The van der Waals surface area contributed by atoms with E-state index in [1.54, 1.807) is 24.3 Å². The minimum Gasteiger partial charge on any atom is -0.479 e. The molecule has 0 bridgehead atoms. The third kappa shape index (κ3) is 4.89. The third-order valence-electron chi connectivity index (χ3n) is 1.82. The lowest BCUT2D eigenvalue weighted by molar-refractivity contribution is 0.250. The predicted molar refractivity (Wildman–Crippen MR) is 64.8 cm³/mol. The van der Waals surface area contributed by atoms with Gasteiger partial charge in [-0.15, -0.1) is 0 Å². The molecule has 5 nitrogen and oxygen atoms in total. The quantitative estimate of drug-likeness (QED) is 0.836. The summed E-state index contributed by atoms with van der Waals surface area (Å²) >= 11 is 0. The average Bonchev–Trinajstić information content (AvgIpc) is 2.25. The van der Waals surface area contributed by atoms with Gasteiger partial charge in [-0.25, -0.2) is 4.79 Å². The van der Waals surface area contributed by atoms with E-state index in [1.165, 1.54) is 0 Å². The molecule has 0 saturated carbocycles. The van der Waals surface area contributed by atoms with Crippen LogP contribution in [0.4, 0.5) is 10.5 Å². The molecule has 5 heteroatoms. The molecule has 1 aromatic carbocycles. The highest BCUT2D eigenvalue weighted by Gasteiger charge is 2.03. The van der Waals surface area contributed by atoms with Crippen LogP contribution < -0.4 is 15.4 Å². The summed E-state index contributed by atoms with van der Waals surface area (Å²) in [6.45, 7) is 3.75. The van der Waals surface area contributed by atoms with Crippen LogP contribution in [-0.4, -0.2) is 18.7 Å². The molecule has 0 fully saturated rings. The molecule has 17 heavy (non-hydrogen) atoms. The second-order valence-electron chi connectivity index (χ2n) is 3.73. The van der Waals surface area contributed by atoms with Crippen molar-refractivity contribution in [3.63, 3.8) is 0 Å². The van der Waals surface area contributed by atoms with E-state index in [-0.39, 0.29) is 18.7 Å². The van der Waals surface area contributed by atoms with Crippen LogP contribution >= 0.6 is 0 Å². The van der Waals surface area contributed by atoms with E-state index < -0.39 is 0 Å². The topological polar surface area (TPSA) is 74.2 Å². The Balaban J connectivity index is 2.59. The van der Waals surface area contributed by atoms with Crippen molar-refractivity contribution < 1.29 is 9.53 Å². The van der Waals surface area contributed by atoms with Crippen LogP contribution in [0.5, 0.6) is 5.75 Å². The van der Waals surface area contributed by atoms with Crippen molar-refractivity contribution in [3.05, 3.63) is 24.3 Å². The lowest BCUT2D eigenvalue weighted by Crippen LogP contribution is -2.34. The maximum atomic E-state index is 11.4. The van der Waals surface area contributed by atoms with Crippen molar-refractivity contribution in [2.75, 3.05) is 11.9 Å². The average molecular weight is 233 g/mol. The van der Waals surface area contributed by atoms with Crippen LogP contribution in [0.1, 0.15) is 13.8 Å². The fraction of sp³-hybridized carbons (Fsp3) is 0.333. The highest BCUT2D eigenvalue weighted by atomic mass is 16.5. The Bertz CT molecular complexity index is 424. The first-order valence-corrected chi connectivity index (χ1v) is 5.29. The number of nitrogens with zero attached hydrogens (tertiary/aromatic N) is 1. The van der Waals surface area contributed by atoms with Crippen molar-refractivity contribution in [1.82, 2.24) is 5.32 Å². The molecule has 2 N–H and O–H groups in total. The first kappa shape index (κ1) is 12.8. The number of amides is 2. The summed E-state index contributed by atoms with van der Waals surface area (Å²) in [5.74, 6) is 0.550. The van der Waals surface area contributed by atoms with Crippen LogP contribution in [0.15, 0.2) is 24.3 Å². The summed E-state index contributed by atoms with van der Waals surface area (Å²) in [5.41, 5.74) is 0.624. The van der Waals surface area contributed by atoms with Gasteiger partial charge in [0, 0.05) is 17.8 Å². The molecule has 1 aromatic rings. The van der Waals surface area contributed by atoms with Gasteiger partial charge in [-0.2, -0.15) is 5.26 Å². The maximum absolute atomic E-state index is 11.4. The molecule has 0 spiro atoms. The number of rotatable bonds is 4. The Kier molecular flexibility index (Phi) is 4.82. The monoisotopic (exact) mass is 233 g/mol. The fourth-order valence-corrected chi connectivity index (χ4v) is 1.21. The molecular weight excluding hydrogens is 218 g/mol. The van der Waals surface area contributed by atoms with Crippen LogP contribution in [0, 0.1) is 11.3 Å². The number of anilines is 1. The summed E-state index contributed by atoms with van der Waals surface area (Å²) in [4.78, 5) is 11.4. The van der Waals surface area contributed by atoms with Gasteiger partial charge in [0.1, 0.15) is 11.8 Å². The third-order valence-corrected chi connectivity index (χ3v) is 1.82. The molecule has 0 aliphatic carbocycles. The van der Waals surface area contributed by atoms with E-state index in [1.807, 2.05) is 19.9 Å². The van der Waals surface area contributed by atoms with Crippen LogP contribution in [-0.2, 0) is 0 Å². The number of nitrogens with one attached hydrogen (secondary N) is 2. The van der Waals surface area contributed by atoms with E-state index in [0.29, 0.717) is 11.4 Å². The van der Waals surface area contributed by atoms with Gasteiger partial charge < -0.3 is 15.4 Å². The lowest BCUT2D eigenvalue weighted by Gasteiger charge is -2.10. The zero-order chi connectivity index (χ0) is 12.7. The number of carbonyl (C=O) groups is 1. The summed E-state index contributed by atoms with van der Waals surface area (Å²) in [6, 6.07) is 8.58. The molecule has 0 heterocycles. The number of carbonyl (C=O) groups excluding carboxylic acids is 1. The first-order valence-electron chi connectivity index (χ1n) is 5.29. The minimum atomic E-state index is -0.266. The largest absolute Gasteiger partial charge is 0.479 e. The molecule has 1 rings (SSSR count). The smallest absolute Gasteiger partial charge is 0.319 e. The van der Waals surface area contributed by atoms with Gasteiger partial charge in [0.15, 0.2) is 6.61 Å². The standard InChI is InChI=1S/C12H15N3O2/c1-9(2)14-12(16)15-10-4-3-5-11(8-10)17-7-6-13/h3-5,8-9H,7H2,1-2H3,(H2,14,15,16). The molecule has 0 radical (unpaired) electrons. The van der Waals surface area contributed by atoms with Gasteiger partial charge in [-0.1, -0.05) is 6.07 Å². The van der Waals surface area contributed by atoms with Gasteiger partial charge in [0.25, 0.3) is 0 Å². The first-order chi connectivity index (χ1) is 8.11.